The zero-order chi connectivity index (χ0) is 11.4. The summed E-state index contributed by atoms with van der Waals surface area (Å²) in [5.74, 6) is 1.07. The number of aromatic nitrogens is 3. The third-order valence-electron chi connectivity index (χ3n) is 2.53. The Kier molecular flexibility index (Phi) is 3.69. The van der Waals surface area contributed by atoms with Gasteiger partial charge in [-0.1, -0.05) is 0 Å². The van der Waals surface area contributed by atoms with Gasteiger partial charge in [-0.25, -0.2) is 9.97 Å². The van der Waals surface area contributed by atoms with Crippen molar-refractivity contribution in [1.29, 1.82) is 0 Å². The maximum atomic E-state index is 4.32. The minimum Gasteiger partial charge on any atom is -0.334 e. The largest absolute Gasteiger partial charge is 0.334 e. The lowest BCUT2D eigenvalue weighted by atomic mass is 10.3. The Morgan fingerprint density at radius 2 is 2.31 bits per heavy atom. The number of nitrogens with one attached hydrogen (secondary N) is 1. The average Bonchev–Trinajstić information content (AvgIpc) is 2.96. The van der Waals surface area contributed by atoms with E-state index in [0.717, 1.165) is 23.9 Å². The zero-order valence-corrected chi connectivity index (χ0v) is 10.4. The number of hydrogen-bond acceptors (Lipinski definition) is 4. The molecule has 0 spiro atoms. The molecule has 0 aliphatic carbocycles. The first-order valence-electron chi connectivity index (χ1n) is 5.44. The Morgan fingerprint density at radius 3 is 3.00 bits per heavy atom. The van der Waals surface area contributed by atoms with Crippen LogP contribution in [0.2, 0.25) is 0 Å². The van der Waals surface area contributed by atoms with Crippen LogP contribution in [-0.4, -0.2) is 14.5 Å². The van der Waals surface area contributed by atoms with Crippen molar-refractivity contribution in [3.63, 3.8) is 0 Å². The lowest BCUT2D eigenvalue weighted by Crippen LogP contribution is -2.20. The van der Waals surface area contributed by atoms with E-state index in [1.54, 1.807) is 11.3 Å². The molecule has 0 aromatic carbocycles. The minimum absolute atomic E-state index is 0.280. The molecule has 2 rings (SSSR count). The monoisotopic (exact) mass is 236 g/mol. The Hall–Kier alpha value is -1.20. The highest BCUT2D eigenvalue weighted by atomic mass is 32.1. The quantitative estimate of drug-likeness (QED) is 0.865. The number of thiazole rings is 1. The highest BCUT2D eigenvalue weighted by Crippen LogP contribution is 2.14. The van der Waals surface area contributed by atoms with E-state index in [1.165, 1.54) is 0 Å². The maximum absolute atomic E-state index is 4.32. The molecule has 0 saturated heterocycles. The van der Waals surface area contributed by atoms with E-state index in [1.807, 2.05) is 24.0 Å². The molecular formula is C11H16N4S. The normalized spacial score (nSPS) is 12.9. The summed E-state index contributed by atoms with van der Waals surface area (Å²) in [5, 5.41) is 6.55. The maximum Gasteiger partial charge on any atom is 0.122 e. The zero-order valence-electron chi connectivity index (χ0n) is 9.55. The van der Waals surface area contributed by atoms with Crippen LogP contribution in [0, 0.1) is 0 Å². The second-order valence-electron chi connectivity index (χ2n) is 3.60. The van der Waals surface area contributed by atoms with Crippen LogP contribution in [0.3, 0.4) is 0 Å². The van der Waals surface area contributed by atoms with Gasteiger partial charge in [-0.15, -0.1) is 11.3 Å². The molecule has 5 heteroatoms. The van der Waals surface area contributed by atoms with Gasteiger partial charge in [0.1, 0.15) is 10.8 Å². The molecule has 0 saturated carbocycles. The predicted octanol–water partition coefficient (Wildman–Crippen LogP) is 2.21. The molecule has 0 radical (unpaired) electrons. The van der Waals surface area contributed by atoms with E-state index in [4.69, 9.17) is 0 Å². The van der Waals surface area contributed by atoms with Gasteiger partial charge >= 0.3 is 0 Å². The molecule has 2 aromatic rings. The number of hydrogen-bond donors (Lipinski definition) is 1. The van der Waals surface area contributed by atoms with Crippen molar-refractivity contribution >= 4 is 11.3 Å². The summed E-state index contributed by atoms with van der Waals surface area (Å²) in [7, 11) is 0. The molecule has 2 aromatic heterocycles. The Bertz CT molecular complexity index is 421. The minimum atomic E-state index is 0.280. The molecule has 4 nitrogen and oxygen atoms in total. The van der Waals surface area contributed by atoms with E-state index in [2.05, 4.69) is 33.7 Å². The summed E-state index contributed by atoms with van der Waals surface area (Å²) < 4.78 is 2.14. The number of imidazole rings is 1. The highest BCUT2D eigenvalue weighted by Gasteiger charge is 2.08. The van der Waals surface area contributed by atoms with Crippen molar-refractivity contribution < 1.29 is 0 Å². The Labute approximate surface area is 99.4 Å². The van der Waals surface area contributed by atoms with Crippen LogP contribution in [0.5, 0.6) is 0 Å². The van der Waals surface area contributed by atoms with Crippen molar-refractivity contribution in [1.82, 2.24) is 19.9 Å². The molecule has 1 unspecified atom stereocenters. The number of aryl methyl sites for hydroxylation is 1. The van der Waals surface area contributed by atoms with Gasteiger partial charge in [0.2, 0.25) is 0 Å². The first-order chi connectivity index (χ1) is 7.81. The summed E-state index contributed by atoms with van der Waals surface area (Å²) >= 11 is 1.68. The number of rotatable bonds is 5. The molecule has 1 atom stereocenters. The number of nitrogens with zero attached hydrogens (tertiary/aromatic N) is 3. The second-order valence-corrected chi connectivity index (χ2v) is 4.53. The summed E-state index contributed by atoms with van der Waals surface area (Å²) in [5.41, 5.74) is 0. The lowest BCUT2D eigenvalue weighted by molar-refractivity contribution is 0.538. The molecular weight excluding hydrogens is 220 g/mol. The Balaban J connectivity index is 1.92. The van der Waals surface area contributed by atoms with Gasteiger partial charge in [0.15, 0.2) is 0 Å². The SMILES string of the molecule is CCn1ccnc1CNC(C)c1nccs1. The molecule has 0 amide bonds. The summed E-state index contributed by atoms with van der Waals surface area (Å²) in [6.07, 6.45) is 5.69. The molecule has 1 N–H and O–H groups in total. The van der Waals surface area contributed by atoms with Gasteiger partial charge < -0.3 is 9.88 Å². The van der Waals surface area contributed by atoms with E-state index < -0.39 is 0 Å². The fourth-order valence-corrected chi connectivity index (χ4v) is 2.25. The molecule has 0 aliphatic heterocycles. The van der Waals surface area contributed by atoms with E-state index in [0.29, 0.717) is 0 Å². The fourth-order valence-electron chi connectivity index (χ4n) is 1.58. The van der Waals surface area contributed by atoms with Gasteiger partial charge in [-0.2, -0.15) is 0 Å². The van der Waals surface area contributed by atoms with Crippen molar-refractivity contribution in [2.75, 3.05) is 0 Å². The smallest absolute Gasteiger partial charge is 0.122 e. The van der Waals surface area contributed by atoms with Gasteiger partial charge in [0, 0.05) is 30.5 Å². The van der Waals surface area contributed by atoms with E-state index >= 15 is 0 Å². The molecule has 2 heterocycles. The Morgan fingerprint density at radius 1 is 1.44 bits per heavy atom. The first-order valence-corrected chi connectivity index (χ1v) is 6.32. The molecule has 86 valence electrons. The molecule has 16 heavy (non-hydrogen) atoms. The lowest BCUT2D eigenvalue weighted by Gasteiger charge is -2.11. The average molecular weight is 236 g/mol. The topological polar surface area (TPSA) is 42.7 Å². The van der Waals surface area contributed by atoms with Gasteiger partial charge in [0.05, 0.1) is 12.6 Å². The van der Waals surface area contributed by atoms with Crippen molar-refractivity contribution in [2.24, 2.45) is 0 Å². The standard InChI is InChI=1S/C11H16N4S/c1-3-15-6-4-12-10(15)8-14-9(2)11-13-5-7-16-11/h4-7,9,14H,3,8H2,1-2H3. The fraction of sp³-hybridized carbons (Fsp3) is 0.455. The summed E-state index contributed by atoms with van der Waals surface area (Å²) in [6, 6.07) is 0.280. The first kappa shape index (κ1) is 11.3. The van der Waals surface area contributed by atoms with Crippen LogP contribution in [0.4, 0.5) is 0 Å². The van der Waals surface area contributed by atoms with Crippen molar-refractivity contribution in [2.45, 2.75) is 33.0 Å². The predicted molar refractivity (Wildman–Crippen MR) is 65.3 cm³/mol. The molecule has 0 bridgehead atoms. The van der Waals surface area contributed by atoms with E-state index in [9.17, 15) is 0 Å². The van der Waals surface area contributed by atoms with Gasteiger partial charge in [-0.3, -0.25) is 0 Å². The molecule has 0 aliphatic rings. The van der Waals surface area contributed by atoms with Gasteiger partial charge in [-0.05, 0) is 13.8 Å². The summed E-state index contributed by atoms with van der Waals surface area (Å²) in [4.78, 5) is 8.61. The third-order valence-corrected chi connectivity index (χ3v) is 3.49. The van der Waals surface area contributed by atoms with Crippen LogP contribution < -0.4 is 5.32 Å². The van der Waals surface area contributed by atoms with Gasteiger partial charge in [0.25, 0.3) is 0 Å². The summed E-state index contributed by atoms with van der Waals surface area (Å²) in [6.45, 7) is 5.98. The third kappa shape index (κ3) is 2.48. The van der Waals surface area contributed by atoms with Crippen LogP contribution in [0.25, 0.3) is 0 Å². The highest BCUT2D eigenvalue weighted by molar-refractivity contribution is 7.09. The van der Waals surface area contributed by atoms with E-state index in [-0.39, 0.29) is 6.04 Å². The van der Waals surface area contributed by atoms with Crippen LogP contribution >= 0.6 is 11.3 Å². The van der Waals surface area contributed by atoms with Crippen LogP contribution in [0.1, 0.15) is 30.7 Å². The molecule has 0 fully saturated rings. The van der Waals surface area contributed by atoms with Crippen LogP contribution in [0.15, 0.2) is 24.0 Å². The van der Waals surface area contributed by atoms with Crippen molar-refractivity contribution in [3.05, 3.63) is 34.8 Å². The van der Waals surface area contributed by atoms with Crippen molar-refractivity contribution in [3.8, 4) is 0 Å². The second kappa shape index (κ2) is 5.23. The van der Waals surface area contributed by atoms with Crippen LogP contribution in [-0.2, 0) is 13.1 Å².